The van der Waals surface area contributed by atoms with Gasteiger partial charge >= 0.3 is 0 Å². The first-order valence-electron chi connectivity index (χ1n) is 8.61. The van der Waals surface area contributed by atoms with Crippen molar-refractivity contribution < 1.29 is 9.53 Å². The highest BCUT2D eigenvalue weighted by molar-refractivity contribution is 6.58. The van der Waals surface area contributed by atoms with Crippen molar-refractivity contribution in [3.63, 3.8) is 0 Å². The first-order chi connectivity index (χ1) is 12.0. The number of aliphatic imine (C=N–C) groups is 1. The second kappa shape index (κ2) is 7.68. The minimum Gasteiger partial charge on any atom is -0.401 e. The van der Waals surface area contributed by atoms with Crippen LogP contribution in [0.15, 0.2) is 27.6 Å². The number of hydrogen-bond donors (Lipinski definition) is 4. The summed E-state index contributed by atoms with van der Waals surface area (Å²) in [6.45, 7) is 4.30. The van der Waals surface area contributed by atoms with Crippen molar-refractivity contribution in [2.75, 3.05) is 19.7 Å². The summed E-state index contributed by atoms with van der Waals surface area (Å²) in [6.07, 6.45) is 4.27. The number of morpholine rings is 1. The Kier molecular flexibility index (Phi) is 5.56. The fourth-order valence-corrected chi connectivity index (χ4v) is 3.16. The lowest BCUT2D eigenvalue weighted by Gasteiger charge is -2.29. The molecule has 3 aliphatic rings. The largest absolute Gasteiger partial charge is 0.401 e. The smallest absolute Gasteiger partial charge is 0.274 e. The average Bonchev–Trinajstić information content (AvgIpc) is 3.47. The molecule has 8 heteroatoms. The molecule has 0 aromatic carbocycles. The van der Waals surface area contributed by atoms with Gasteiger partial charge in [0.05, 0.1) is 11.6 Å². The second-order valence-corrected chi connectivity index (χ2v) is 7.12. The Morgan fingerprint density at radius 3 is 2.88 bits per heavy atom. The van der Waals surface area contributed by atoms with Crippen LogP contribution in [0.2, 0.25) is 0 Å². The number of ether oxygens (including phenoxy) is 1. The van der Waals surface area contributed by atoms with Gasteiger partial charge in [0.1, 0.15) is 11.8 Å². The number of allylic oxidation sites excluding steroid dienone is 2. The van der Waals surface area contributed by atoms with Gasteiger partial charge in [-0.15, -0.1) is 0 Å². The SMILES string of the molecule is CC1CC([C@H]2CNCCO2)=NC=C1NC(=O)C(=N)C(Cl)=C(N)C1CC1. The summed E-state index contributed by atoms with van der Waals surface area (Å²) in [4.78, 5) is 16.7. The molecule has 0 bridgehead atoms. The highest BCUT2D eigenvalue weighted by atomic mass is 35.5. The Bertz CT molecular complexity index is 660. The lowest BCUT2D eigenvalue weighted by atomic mass is 9.95. The molecule has 136 valence electrons. The highest BCUT2D eigenvalue weighted by Crippen LogP contribution is 2.36. The molecular formula is C17H24ClN5O2. The third kappa shape index (κ3) is 4.29. The fraction of sp³-hybridized carbons (Fsp3) is 0.588. The van der Waals surface area contributed by atoms with Gasteiger partial charge in [-0.1, -0.05) is 18.5 Å². The molecule has 25 heavy (non-hydrogen) atoms. The Morgan fingerprint density at radius 1 is 1.52 bits per heavy atom. The Labute approximate surface area is 152 Å². The predicted octanol–water partition coefficient (Wildman–Crippen LogP) is 1.25. The van der Waals surface area contributed by atoms with Crippen LogP contribution < -0.4 is 16.4 Å². The van der Waals surface area contributed by atoms with Gasteiger partial charge in [-0.05, 0) is 19.3 Å². The zero-order valence-electron chi connectivity index (χ0n) is 14.3. The van der Waals surface area contributed by atoms with Crippen LogP contribution in [0.3, 0.4) is 0 Å². The zero-order chi connectivity index (χ0) is 18.0. The van der Waals surface area contributed by atoms with E-state index in [-0.39, 0.29) is 28.7 Å². The van der Waals surface area contributed by atoms with Crippen LogP contribution >= 0.6 is 11.6 Å². The lowest BCUT2D eigenvalue weighted by Crippen LogP contribution is -2.44. The van der Waals surface area contributed by atoms with E-state index < -0.39 is 5.91 Å². The van der Waals surface area contributed by atoms with Crippen molar-refractivity contribution >= 4 is 28.9 Å². The maximum absolute atomic E-state index is 12.3. The Balaban J connectivity index is 1.64. The van der Waals surface area contributed by atoms with Gasteiger partial charge in [-0.3, -0.25) is 15.2 Å². The summed E-state index contributed by atoms with van der Waals surface area (Å²) in [5.74, 6) is -0.260. The summed E-state index contributed by atoms with van der Waals surface area (Å²) in [5.41, 5.74) is 7.69. The molecule has 0 radical (unpaired) electrons. The number of nitrogens with two attached hydrogens (primary N) is 1. The molecule has 1 aliphatic carbocycles. The van der Waals surface area contributed by atoms with Gasteiger partial charge < -0.3 is 21.1 Å². The monoisotopic (exact) mass is 365 g/mol. The molecule has 5 N–H and O–H groups in total. The number of hydrogen-bond acceptors (Lipinski definition) is 6. The van der Waals surface area contributed by atoms with Crippen LogP contribution in [-0.4, -0.2) is 43.1 Å². The molecular weight excluding hydrogens is 342 g/mol. The van der Waals surface area contributed by atoms with Crippen LogP contribution in [0, 0.1) is 17.2 Å². The van der Waals surface area contributed by atoms with Crippen molar-refractivity contribution in [1.82, 2.24) is 10.6 Å². The van der Waals surface area contributed by atoms with Crippen LogP contribution in [0.25, 0.3) is 0 Å². The number of nitrogens with one attached hydrogen (secondary N) is 3. The third-order valence-corrected chi connectivity index (χ3v) is 5.10. The van der Waals surface area contributed by atoms with E-state index in [1.807, 2.05) is 6.92 Å². The van der Waals surface area contributed by atoms with Gasteiger partial charge in [0.2, 0.25) is 0 Å². The van der Waals surface area contributed by atoms with E-state index in [9.17, 15) is 4.79 Å². The average molecular weight is 366 g/mol. The minimum absolute atomic E-state index is 0.0151. The maximum atomic E-state index is 12.3. The molecule has 2 heterocycles. The van der Waals surface area contributed by atoms with E-state index >= 15 is 0 Å². The second-order valence-electron chi connectivity index (χ2n) is 6.75. The van der Waals surface area contributed by atoms with E-state index in [4.69, 9.17) is 27.5 Å². The van der Waals surface area contributed by atoms with Gasteiger partial charge in [0.15, 0.2) is 0 Å². The third-order valence-electron chi connectivity index (χ3n) is 4.69. The maximum Gasteiger partial charge on any atom is 0.274 e. The van der Waals surface area contributed by atoms with Crippen LogP contribution in [0.5, 0.6) is 0 Å². The standard InChI is InChI=1S/C17H24ClN5O2/c1-9-6-11(13-8-21-4-5-25-13)22-7-12(9)23-17(24)16(20)14(18)15(19)10-2-3-10/h7,9-10,13,20-21H,2-6,8,19H2,1H3,(H,23,24)/t9?,13-/m1/s1. The van der Waals surface area contributed by atoms with Crippen molar-refractivity contribution in [2.24, 2.45) is 22.6 Å². The Hall–Kier alpha value is -1.70. The van der Waals surface area contributed by atoms with Crippen LogP contribution in [-0.2, 0) is 9.53 Å². The summed E-state index contributed by atoms with van der Waals surface area (Å²) < 4.78 is 5.72. The van der Waals surface area contributed by atoms with E-state index in [2.05, 4.69) is 15.6 Å². The normalized spacial score (nSPS) is 27.8. The zero-order valence-corrected chi connectivity index (χ0v) is 15.0. The van der Waals surface area contributed by atoms with Crippen molar-refractivity contribution in [1.29, 1.82) is 5.41 Å². The molecule has 3 rings (SSSR count). The van der Waals surface area contributed by atoms with E-state index in [0.29, 0.717) is 24.4 Å². The molecule has 1 saturated heterocycles. The molecule has 2 fully saturated rings. The molecule has 2 atom stereocenters. The van der Waals surface area contributed by atoms with E-state index in [1.165, 1.54) is 0 Å². The summed E-state index contributed by atoms with van der Waals surface area (Å²) in [5, 5.41) is 14.0. The quantitative estimate of drug-likeness (QED) is 0.549. The fourth-order valence-electron chi connectivity index (χ4n) is 2.92. The minimum atomic E-state index is -0.555. The molecule has 0 spiro atoms. The van der Waals surface area contributed by atoms with Gasteiger partial charge in [0.25, 0.3) is 5.91 Å². The highest BCUT2D eigenvalue weighted by Gasteiger charge is 2.30. The predicted molar refractivity (Wildman–Crippen MR) is 97.6 cm³/mol. The number of carbonyl (C=O) groups excluding carboxylic acids is 1. The van der Waals surface area contributed by atoms with Gasteiger partial charge in [0, 0.05) is 48.2 Å². The Morgan fingerprint density at radius 2 is 2.28 bits per heavy atom. The molecule has 7 nitrogen and oxygen atoms in total. The van der Waals surface area contributed by atoms with Crippen molar-refractivity contribution in [2.45, 2.75) is 32.3 Å². The van der Waals surface area contributed by atoms with E-state index in [0.717, 1.165) is 31.6 Å². The topological polar surface area (TPSA) is 113 Å². The summed E-state index contributed by atoms with van der Waals surface area (Å²) in [7, 11) is 0. The molecule has 0 aromatic heterocycles. The molecule has 0 aromatic rings. The first-order valence-corrected chi connectivity index (χ1v) is 8.99. The van der Waals surface area contributed by atoms with Gasteiger partial charge in [-0.2, -0.15) is 0 Å². The van der Waals surface area contributed by atoms with Gasteiger partial charge in [-0.25, -0.2) is 0 Å². The number of rotatable bonds is 5. The number of amides is 1. The van der Waals surface area contributed by atoms with Crippen molar-refractivity contribution in [3.05, 3.63) is 22.6 Å². The molecule has 1 saturated carbocycles. The summed E-state index contributed by atoms with van der Waals surface area (Å²) in [6, 6.07) is 0. The van der Waals surface area contributed by atoms with Crippen LogP contribution in [0.4, 0.5) is 0 Å². The molecule has 1 amide bonds. The van der Waals surface area contributed by atoms with E-state index in [1.54, 1.807) is 6.20 Å². The number of halogens is 1. The first kappa shape index (κ1) is 18.1. The molecule has 1 unspecified atom stereocenters. The van der Waals surface area contributed by atoms with Crippen LogP contribution in [0.1, 0.15) is 26.2 Å². The summed E-state index contributed by atoms with van der Waals surface area (Å²) >= 11 is 6.09. The number of nitrogens with zero attached hydrogens (tertiary/aromatic N) is 1. The number of carbonyl (C=O) groups is 1. The lowest BCUT2D eigenvalue weighted by molar-refractivity contribution is -0.114. The van der Waals surface area contributed by atoms with Crippen molar-refractivity contribution in [3.8, 4) is 0 Å². The molecule has 2 aliphatic heterocycles.